The van der Waals surface area contributed by atoms with Crippen LogP contribution in [0, 0.1) is 11.6 Å². The lowest BCUT2D eigenvalue weighted by molar-refractivity contribution is -0.0369. The molecule has 326 valence electrons. The van der Waals surface area contributed by atoms with Crippen LogP contribution in [0.25, 0.3) is 22.1 Å². The number of imide groups is 1. The summed E-state index contributed by atoms with van der Waals surface area (Å²) in [6.45, 7) is 1.26. The van der Waals surface area contributed by atoms with Gasteiger partial charge >= 0.3 is 0 Å². The first kappa shape index (κ1) is 40.0. The van der Waals surface area contributed by atoms with Gasteiger partial charge in [-0.2, -0.15) is 5.10 Å². The zero-order valence-corrected chi connectivity index (χ0v) is 35.1. The van der Waals surface area contributed by atoms with Gasteiger partial charge in [-0.25, -0.2) is 33.0 Å². The molecule has 7 aromatic rings. The Labute approximate surface area is 366 Å². The Hall–Kier alpha value is -6.78. The Morgan fingerprint density at radius 3 is 1.66 bits per heavy atom. The van der Waals surface area contributed by atoms with Crippen molar-refractivity contribution in [2.45, 2.75) is 89.5 Å². The number of carbonyl (C=O) groups excluding carboxylic acids is 2. The van der Waals surface area contributed by atoms with Crippen LogP contribution in [0.4, 0.5) is 43.4 Å². The Morgan fingerprint density at radius 2 is 1.12 bits per heavy atom. The first-order valence-corrected chi connectivity index (χ1v) is 22.2. The number of anilines is 6. The van der Waals surface area contributed by atoms with Gasteiger partial charge in [0.15, 0.2) is 58.7 Å². The maximum absolute atomic E-state index is 15.6. The molecule has 2 atom stereocenters. The van der Waals surface area contributed by atoms with Gasteiger partial charge in [0, 0.05) is 24.6 Å². The molecular weight excluding hydrogens is 819 g/mol. The molecule has 64 heavy (non-hydrogen) atoms. The van der Waals surface area contributed by atoms with Crippen molar-refractivity contribution in [3.63, 3.8) is 0 Å². The van der Waals surface area contributed by atoms with Crippen molar-refractivity contribution in [1.82, 2.24) is 29.5 Å². The van der Waals surface area contributed by atoms with Crippen LogP contribution in [0.5, 0.6) is 0 Å². The molecule has 2 unspecified atom stereocenters. The number of ether oxygens (including phenoxy) is 2. The number of hydrogen-bond donors (Lipinski definition) is 3. The monoisotopic (exact) mass is 864 g/mol. The van der Waals surface area contributed by atoms with E-state index in [1.54, 1.807) is 33.6 Å². The second kappa shape index (κ2) is 16.4. The average Bonchev–Trinajstić information content (AvgIpc) is 4.17. The van der Waals surface area contributed by atoms with E-state index < -0.39 is 29.7 Å². The van der Waals surface area contributed by atoms with Crippen LogP contribution in [-0.4, -0.2) is 54.6 Å². The van der Waals surface area contributed by atoms with E-state index in [-0.39, 0.29) is 34.9 Å². The molecule has 7 heterocycles. The molecule has 2 saturated heterocycles. The molecule has 5 aliphatic rings. The lowest BCUT2D eigenvalue weighted by Crippen LogP contribution is -2.30. The molecular formula is C48H46F2N10O4. The van der Waals surface area contributed by atoms with Crippen LogP contribution in [0.1, 0.15) is 107 Å². The third kappa shape index (κ3) is 7.01. The van der Waals surface area contributed by atoms with E-state index in [0.29, 0.717) is 47.4 Å². The van der Waals surface area contributed by atoms with Gasteiger partial charge in [0.2, 0.25) is 0 Å². The van der Waals surface area contributed by atoms with Gasteiger partial charge in [-0.05, 0) is 136 Å². The van der Waals surface area contributed by atoms with Gasteiger partial charge < -0.3 is 25.8 Å². The smallest absolute Gasteiger partial charge is 0.267 e. The molecule has 2 aliphatic carbocycles. The summed E-state index contributed by atoms with van der Waals surface area (Å²) in [4.78, 5) is 36.7. The number of rotatable bonds is 7. The van der Waals surface area contributed by atoms with Gasteiger partial charge in [-0.15, -0.1) is 5.10 Å². The second-order valence-corrected chi connectivity index (χ2v) is 17.0. The second-order valence-electron chi connectivity index (χ2n) is 17.0. The number of fused-ring (bicyclic) bond motifs is 5. The number of benzene rings is 3. The Balaban J connectivity index is 0.000000150. The Kier molecular flexibility index (Phi) is 10.3. The molecule has 0 bridgehead atoms. The molecule has 2 fully saturated rings. The third-order valence-electron chi connectivity index (χ3n) is 12.9. The van der Waals surface area contributed by atoms with Gasteiger partial charge in [0.25, 0.3) is 11.8 Å². The highest BCUT2D eigenvalue weighted by atomic mass is 19.1. The van der Waals surface area contributed by atoms with E-state index in [1.165, 1.54) is 34.4 Å². The minimum absolute atomic E-state index is 0.0638. The molecule has 0 saturated carbocycles. The van der Waals surface area contributed by atoms with Crippen molar-refractivity contribution >= 4 is 68.5 Å². The molecule has 14 nitrogen and oxygen atoms in total. The molecule has 0 radical (unpaired) electrons. The number of halogens is 2. The first-order chi connectivity index (χ1) is 31.3. The average molecular weight is 865 g/mol. The van der Waals surface area contributed by atoms with Gasteiger partial charge in [-0.1, -0.05) is 36.4 Å². The number of carbonyl (C=O) groups is 2. The highest BCUT2D eigenvalue weighted by Crippen LogP contribution is 2.39. The molecule has 3 aromatic carbocycles. The number of aryl methyl sites for hydroxylation is 2. The molecule has 16 heteroatoms. The van der Waals surface area contributed by atoms with Crippen molar-refractivity contribution in [2.24, 2.45) is 0 Å². The highest BCUT2D eigenvalue weighted by Gasteiger charge is 2.40. The maximum atomic E-state index is 15.6. The largest absolute Gasteiger partial charge is 0.382 e. The number of nitrogens with one attached hydrogen (secondary N) is 2. The van der Waals surface area contributed by atoms with E-state index in [1.807, 2.05) is 24.3 Å². The van der Waals surface area contributed by atoms with E-state index in [2.05, 4.69) is 42.9 Å². The lowest BCUT2D eigenvalue weighted by atomic mass is 10.1. The number of pyridine rings is 2. The highest BCUT2D eigenvalue weighted by molar-refractivity contribution is 6.35. The van der Waals surface area contributed by atoms with E-state index in [4.69, 9.17) is 15.2 Å². The van der Waals surface area contributed by atoms with Crippen molar-refractivity contribution in [3.8, 4) is 0 Å². The number of nitrogens with two attached hydrogens (primary N) is 1. The predicted molar refractivity (Wildman–Crippen MR) is 238 cm³/mol. The molecule has 3 aliphatic heterocycles. The number of amides is 2. The summed E-state index contributed by atoms with van der Waals surface area (Å²) in [5.41, 5.74) is 14.3. The fourth-order valence-electron chi connectivity index (χ4n) is 9.77. The summed E-state index contributed by atoms with van der Waals surface area (Å²) in [5.74, 6) is -1.40. The lowest BCUT2D eigenvalue weighted by Gasteiger charge is -2.23. The normalized spacial score (nSPS) is 19.1. The van der Waals surface area contributed by atoms with Crippen molar-refractivity contribution < 1.29 is 27.8 Å². The SMILES string of the molecule is Nc1nn(C2CCCCO2)c2nc(Nc3cccc4c3CCC4)c(F)cc12.O=C1c2ccccc2C(=O)N1c1nn(C2CCCCO2)c2nc(Nc3cccc4c3CCC4)c(F)cc12. The molecule has 0 spiro atoms. The van der Waals surface area contributed by atoms with Crippen LogP contribution in [0.2, 0.25) is 0 Å². The Bertz CT molecular complexity index is 2960. The van der Waals surface area contributed by atoms with Crippen LogP contribution in [0.15, 0.2) is 72.8 Å². The van der Waals surface area contributed by atoms with Crippen LogP contribution in [-0.2, 0) is 35.2 Å². The number of aromatic nitrogens is 6. The maximum Gasteiger partial charge on any atom is 0.267 e. The molecule has 4 aromatic heterocycles. The number of nitrogens with zero attached hydrogens (tertiary/aromatic N) is 7. The summed E-state index contributed by atoms with van der Waals surface area (Å²) >= 11 is 0. The molecule has 2 amide bonds. The van der Waals surface area contributed by atoms with E-state index in [9.17, 15) is 14.0 Å². The fraction of sp³-hybridized carbons (Fsp3) is 0.333. The minimum atomic E-state index is -0.593. The number of hydrogen-bond acceptors (Lipinski definition) is 11. The Morgan fingerprint density at radius 1 is 0.609 bits per heavy atom. The van der Waals surface area contributed by atoms with Crippen LogP contribution >= 0.6 is 0 Å². The van der Waals surface area contributed by atoms with E-state index in [0.717, 1.165) is 86.9 Å². The topological polar surface area (TPSA) is 167 Å². The van der Waals surface area contributed by atoms with Crippen LogP contribution in [0.3, 0.4) is 0 Å². The predicted octanol–water partition coefficient (Wildman–Crippen LogP) is 9.39. The van der Waals surface area contributed by atoms with E-state index >= 15 is 4.39 Å². The quantitative estimate of drug-likeness (QED) is 0.131. The van der Waals surface area contributed by atoms with Gasteiger partial charge in [0.05, 0.1) is 21.9 Å². The standard InChI is InChI=1S/C28H24FN5O3.C20H22FN5O/c29-21-15-20-25(31-24(21)30-22-12-6-8-16-7-5-11-17(16)22)34(23-13-3-4-14-37-23)32-26(20)33-27(35)18-9-1-2-10-19(18)28(33)36;21-15-11-14-18(22)25-26(17-9-1-2-10-27-17)20(14)24-19(15)23-16-8-4-6-12-5-3-7-13(12)16/h1-2,6,8-10,12,15,23H,3-5,7,11,13-14H2,(H,30,31);4,6,8,11,17H,1-3,5,7,9-10H2,(H2,22,25)(H,23,24). The zero-order valence-electron chi connectivity index (χ0n) is 35.1. The third-order valence-corrected chi connectivity index (χ3v) is 12.9. The summed E-state index contributed by atoms with van der Waals surface area (Å²) in [5, 5.41) is 16.2. The van der Waals surface area contributed by atoms with Gasteiger partial charge in [-0.3, -0.25) is 9.59 Å². The summed E-state index contributed by atoms with van der Waals surface area (Å²) in [7, 11) is 0. The van der Waals surface area contributed by atoms with Crippen LogP contribution < -0.4 is 21.3 Å². The minimum Gasteiger partial charge on any atom is -0.382 e. The molecule has 4 N–H and O–H groups in total. The summed E-state index contributed by atoms with van der Waals surface area (Å²) < 4.78 is 45.4. The van der Waals surface area contributed by atoms with Crippen molar-refractivity contribution in [1.29, 1.82) is 0 Å². The fourth-order valence-corrected chi connectivity index (χ4v) is 9.77. The van der Waals surface area contributed by atoms with Gasteiger partial charge in [0.1, 0.15) is 0 Å². The number of nitrogen functional groups attached to an aromatic ring is 1. The molecule has 12 rings (SSSR count). The first-order valence-electron chi connectivity index (χ1n) is 22.2. The van der Waals surface area contributed by atoms with Crippen molar-refractivity contribution in [2.75, 3.05) is 34.5 Å². The van der Waals surface area contributed by atoms with Crippen molar-refractivity contribution in [3.05, 3.63) is 118 Å². The summed E-state index contributed by atoms with van der Waals surface area (Å²) in [6, 6.07) is 21.5. The summed E-state index contributed by atoms with van der Waals surface area (Å²) in [6.07, 6.45) is 11.1. The zero-order chi connectivity index (χ0) is 43.5.